The fourth-order valence-electron chi connectivity index (χ4n) is 3.71. The zero-order valence-electron chi connectivity index (χ0n) is 16.2. The molecule has 4 aromatic rings. The lowest BCUT2D eigenvalue weighted by atomic mass is 9.99. The third kappa shape index (κ3) is 3.42. The first-order valence-corrected chi connectivity index (χ1v) is 10.2. The lowest BCUT2D eigenvalue weighted by Gasteiger charge is -2.23. The summed E-state index contributed by atoms with van der Waals surface area (Å²) in [5, 5.41) is 3.15. The van der Waals surface area contributed by atoms with E-state index in [2.05, 4.69) is 15.3 Å². The lowest BCUT2D eigenvalue weighted by Crippen LogP contribution is -2.30. The highest BCUT2D eigenvalue weighted by molar-refractivity contribution is 7.10. The number of halogens is 5. The second-order valence-corrected chi connectivity index (χ2v) is 8.11. The Morgan fingerprint density at radius 1 is 1.03 bits per heavy atom. The summed E-state index contributed by atoms with van der Waals surface area (Å²) in [5.41, 5.74) is 0.407. The average Bonchev–Trinajstić information content (AvgIpc) is 3.48. The number of imidazole rings is 1. The van der Waals surface area contributed by atoms with E-state index in [9.17, 15) is 27.2 Å². The van der Waals surface area contributed by atoms with Gasteiger partial charge >= 0.3 is 12.2 Å². The maximum atomic E-state index is 15.1. The molecule has 1 atom stereocenters. The van der Waals surface area contributed by atoms with Crippen LogP contribution in [0.15, 0.2) is 48.1 Å². The average molecular weight is 478 g/mol. The number of benzene rings is 2. The van der Waals surface area contributed by atoms with Crippen molar-refractivity contribution in [1.29, 1.82) is 0 Å². The van der Waals surface area contributed by atoms with Gasteiger partial charge in [0.25, 0.3) is 5.91 Å². The van der Waals surface area contributed by atoms with Crippen LogP contribution in [0.25, 0.3) is 22.2 Å². The highest BCUT2D eigenvalue weighted by atomic mass is 32.1. The van der Waals surface area contributed by atoms with Crippen LogP contribution in [0, 0.1) is 11.6 Å². The van der Waals surface area contributed by atoms with E-state index in [1.807, 2.05) is 0 Å². The molecule has 1 aliphatic heterocycles. The molecule has 0 spiro atoms. The van der Waals surface area contributed by atoms with Crippen molar-refractivity contribution in [3.05, 3.63) is 70.2 Å². The van der Waals surface area contributed by atoms with Crippen LogP contribution in [0.4, 0.5) is 32.4 Å². The van der Waals surface area contributed by atoms with Crippen molar-refractivity contribution in [1.82, 2.24) is 15.3 Å². The number of anilines is 1. The summed E-state index contributed by atoms with van der Waals surface area (Å²) >= 11 is 0.356. The quantitative estimate of drug-likeness (QED) is 0.306. The van der Waals surface area contributed by atoms with Crippen LogP contribution >= 0.6 is 11.3 Å². The molecule has 3 amide bonds. The summed E-state index contributed by atoms with van der Waals surface area (Å²) in [4.78, 5) is 31.9. The van der Waals surface area contributed by atoms with E-state index < -0.39 is 51.8 Å². The van der Waals surface area contributed by atoms with Gasteiger partial charge in [0.15, 0.2) is 11.6 Å². The number of nitrogens with one attached hydrogen (secondary N) is 2. The number of aromatic nitrogens is 2. The van der Waals surface area contributed by atoms with Gasteiger partial charge in [0.05, 0.1) is 17.4 Å². The number of hydrogen-bond donors (Lipinski definition) is 2. The molecule has 0 saturated carbocycles. The number of urea groups is 1. The van der Waals surface area contributed by atoms with Crippen LogP contribution in [-0.2, 0) is 11.0 Å². The Bertz CT molecular complexity index is 1430. The van der Waals surface area contributed by atoms with Gasteiger partial charge < -0.3 is 4.98 Å². The van der Waals surface area contributed by atoms with Gasteiger partial charge in [0.2, 0.25) is 0 Å². The van der Waals surface area contributed by atoms with Crippen LogP contribution in [0.2, 0.25) is 0 Å². The first-order valence-electron chi connectivity index (χ1n) is 9.36. The van der Waals surface area contributed by atoms with Gasteiger partial charge in [0.1, 0.15) is 10.9 Å². The highest BCUT2D eigenvalue weighted by Crippen LogP contribution is 2.40. The second kappa shape index (κ2) is 7.37. The minimum Gasteiger partial charge on any atom is -0.345 e. The lowest BCUT2D eigenvalue weighted by molar-refractivity contribution is -0.134. The molecular formula is C21H11F5N4O2S. The Morgan fingerprint density at radius 3 is 2.55 bits per heavy atom. The van der Waals surface area contributed by atoms with E-state index in [0.717, 1.165) is 28.5 Å². The van der Waals surface area contributed by atoms with E-state index in [1.54, 1.807) is 6.07 Å². The fraction of sp³-hybridized carbons (Fsp3) is 0.0952. The number of carbonyl (C=O) groups is 2. The normalized spacial score (nSPS) is 16.6. The maximum absolute atomic E-state index is 15.1. The van der Waals surface area contributed by atoms with Crippen molar-refractivity contribution in [2.24, 2.45) is 0 Å². The van der Waals surface area contributed by atoms with E-state index >= 15 is 4.39 Å². The van der Waals surface area contributed by atoms with Crippen LogP contribution in [0.5, 0.6) is 0 Å². The molecule has 0 radical (unpaired) electrons. The van der Waals surface area contributed by atoms with Crippen molar-refractivity contribution in [3.8, 4) is 11.1 Å². The third-order valence-electron chi connectivity index (χ3n) is 5.23. The fourth-order valence-corrected chi connectivity index (χ4v) is 4.49. The van der Waals surface area contributed by atoms with Gasteiger partial charge in [-0.05, 0) is 35.2 Å². The number of carbonyl (C=O) groups excluding carboxylic acids is 2. The van der Waals surface area contributed by atoms with Crippen molar-refractivity contribution in [3.63, 3.8) is 0 Å². The number of hydrogen-bond acceptors (Lipinski definition) is 4. The molecule has 5 rings (SSSR count). The van der Waals surface area contributed by atoms with E-state index in [1.165, 1.54) is 18.5 Å². The number of amides is 3. The zero-order chi connectivity index (χ0) is 23.5. The number of thiophene rings is 1. The number of alkyl halides is 3. The largest absolute Gasteiger partial charge is 0.425 e. The Hall–Kier alpha value is -3.80. The molecular weight excluding hydrogens is 467 g/mol. The molecule has 12 heteroatoms. The summed E-state index contributed by atoms with van der Waals surface area (Å²) in [5.74, 6) is -3.73. The van der Waals surface area contributed by atoms with E-state index in [-0.39, 0.29) is 11.3 Å². The van der Waals surface area contributed by atoms with Gasteiger partial charge in [-0.15, -0.1) is 11.3 Å². The highest BCUT2D eigenvalue weighted by Gasteiger charge is 2.43. The van der Waals surface area contributed by atoms with Gasteiger partial charge in [-0.3, -0.25) is 15.0 Å². The summed E-state index contributed by atoms with van der Waals surface area (Å²) in [7, 11) is 0. The number of aromatic amines is 1. The van der Waals surface area contributed by atoms with Crippen LogP contribution in [0.1, 0.15) is 16.5 Å². The Balaban J connectivity index is 1.57. The molecule has 1 saturated heterocycles. The van der Waals surface area contributed by atoms with Crippen LogP contribution in [0.3, 0.4) is 0 Å². The summed E-state index contributed by atoms with van der Waals surface area (Å²) in [6.45, 7) is 0. The first-order chi connectivity index (χ1) is 15.6. The van der Waals surface area contributed by atoms with Gasteiger partial charge in [0, 0.05) is 16.8 Å². The van der Waals surface area contributed by atoms with Crippen molar-refractivity contribution in [2.45, 2.75) is 12.2 Å². The predicted octanol–water partition coefficient (Wildman–Crippen LogP) is 5.39. The van der Waals surface area contributed by atoms with Crippen molar-refractivity contribution < 1.29 is 31.5 Å². The van der Waals surface area contributed by atoms with Gasteiger partial charge in [-0.25, -0.2) is 18.6 Å². The third-order valence-corrected chi connectivity index (χ3v) is 6.21. The molecule has 33 heavy (non-hydrogen) atoms. The molecule has 168 valence electrons. The molecule has 2 N–H and O–H groups in total. The predicted molar refractivity (Wildman–Crippen MR) is 110 cm³/mol. The number of imide groups is 1. The molecule has 1 unspecified atom stereocenters. The Labute approximate surface area is 185 Å². The van der Waals surface area contributed by atoms with Crippen LogP contribution in [-0.4, -0.2) is 21.9 Å². The van der Waals surface area contributed by atoms with Crippen molar-refractivity contribution >= 4 is 40.0 Å². The van der Waals surface area contributed by atoms with Gasteiger partial charge in [-0.1, -0.05) is 12.1 Å². The van der Waals surface area contributed by atoms with E-state index in [0.29, 0.717) is 22.4 Å². The summed E-state index contributed by atoms with van der Waals surface area (Å²) in [6.07, 6.45) is -3.18. The minimum absolute atomic E-state index is 0.149. The first kappa shape index (κ1) is 21.1. The molecule has 1 fully saturated rings. The molecule has 0 aliphatic carbocycles. The number of H-pyrrole nitrogens is 1. The maximum Gasteiger partial charge on any atom is 0.425 e. The topological polar surface area (TPSA) is 78.1 Å². The van der Waals surface area contributed by atoms with Crippen LogP contribution < -0.4 is 10.2 Å². The molecule has 3 heterocycles. The molecule has 1 aliphatic rings. The van der Waals surface area contributed by atoms with Gasteiger partial charge in [-0.2, -0.15) is 13.2 Å². The Morgan fingerprint density at radius 2 is 1.82 bits per heavy atom. The van der Waals surface area contributed by atoms with E-state index in [4.69, 9.17) is 0 Å². The monoisotopic (exact) mass is 478 g/mol. The molecule has 2 aromatic carbocycles. The summed E-state index contributed by atoms with van der Waals surface area (Å²) in [6, 6.07) is 5.16. The molecule has 0 bridgehead atoms. The smallest absolute Gasteiger partial charge is 0.345 e. The second-order valence-electron chi connectivity index (χ2n) is 7.20. The minimum atomic E-state index is -4.61. The number of rotatable bonds is 3. The van der Waals surface area contributed by atoms with Crippen molar-refractivity contribution in [2.75, 3.05) is 4.90 Å². The molecule has 6 nitrogen and oxygen atoms in total. The Kier molecular flexibility index (Phi) is 4.71. The zero-order valence-corrected chi connectivity index (χ0v) is 17.0. The molecule has 2 aromatic heterocycles. The SMILES string of the molecule is O=C1NC(=O)N(c2ccc3nc[nH]c3c2)C1c1ccc(-c2csc(C(F)(F)F)c2)c(F)c1F. The summed E-state index contributed by atoms with van der Waals surface area (Å²) < 4.78 is 68.7. The number of fused-ring (bicyclic) bond motifs is 1. The number of nitrogens with zero attached hydrogens (tertiary/aromatic N) is 2. The standard InChI is InChI=1S/C21H11F5N4O2S/c22-16-11(9-5-15(33-7-9)21(24,25)26)2-3-12(17(16)23)18-19(31)29-20(32)30(18)10-1-4-13-14(6-10)28-8-27-13/h1-8,18H,(H,27,28)(H,29,31,32).